The van der Waals surface area contributed by atoms with Gasteiger partial charge in [0, 0.05) is 25.6 Å². The number of aliphatic hydroxyl groups is 1. The van der Waals surface area contributed by atoms with Gasteiger partial charge >= 0.3 is 0 Å². The number of hydrogen-bond donors (Lipinski definition) is 2. The first-order valence-electron chi connectivity index (χ1n) is 4.74. The Hall–Kier alpha value is -0.870. The SMILES string of the molecule is NC1CCCc2nc(CCO)cn21. The van der Waals surface area contributed by atoms with Crippen molar-refractivity contribution in [2.24, 2.45) is 5.73 Å². The minimum atomic E-state index is 0.0868. The summed E-state index contributed by atoms with van der Waals surface area (Å²) in [4.78, 5) is 4.41. The Bertz CT molecular complexity index is 295. The van der Waals surface area contributed by atoms with Gasteiger partial charge in [0.2, 0.25) is 0 Å². The molecule has 0 radical (unpaired) electrons. The van der Waals surface area contributed by atoms with E-state index < -0.39 is 0 Å². The summed E-state index contributed by atoms with van der Waals surface area (Å²) in [5.41, 5.74) is 6.87. The number of rotatable bonds is 2. The topological polar surface area (TPSA) is 64.1 Å². The summed E-state index contributed by atoms with van der Waals surface area (Å²) in [5, 5.41) is 8.77. The molecule has 1 aromatic rings. The Morgan fingerprint density at radius 2 is 2.54 bits per heavy atom. The van der Waals surface area contributed by atoms with E-state index in [1.807, 2.05) is 10.8 Å². The molecule has 72 valence electrons. The van der Waals surface area contributed by atoms with Crippen LogP contribution in [-0.4, -0.2) is 21.3 Å². The van der Waals surface area contributed by atoms with Gasteiger partial charge in [0.05, 0.1) is 11.9 Å². The lowest BCUT2D eigenvalue weighted by Gasteiger charge is -2.20. The molecule has 0 saturated carbocycles. The van der Waals surface area contributed by atoms with Gasteiger partial charge in [0.15, 0.2) is 0 Å². The molecule has 1 atom stereocenters. The van der Waals surface area contributed by atoms with Gasteiger partial charge < -0.3 is 15.4 Å². The first-order chi connectivity index (χ1) is 6.31. The van der Waals surface area contributed by atoms with Crippen LogP contribution in [-0.2, 0) is 12.8 Å². The number of nitrogens with two attached hydrogens (primary N) is 1. The van der Waals surface area contributed by atoms with Gasteiger partial charge in [-0.25, -0.2) is 4.98 Å². The number of nitrogens with zero attached hydrogens (tertiary/aromatic N) is 2. The van der Waals surface area contributed by atoms with Crippen LogP contribution < -0.4 is 5.73 Å². The quantitative estimate of drug-likeness (QED) is 0.685. The standard InChI is InChI=1S/C9H15N3O/c10-8-2-1-3-9-11-7(4-5-13)6-12(8)9/h6,8,13H,1-5,10H2. The molecule has 0 aromatic carbocycles. The molecule has 1 aromatic heterocycles. The largest absolute Gasteiger partial charge is 0.396 e. The molecule has 13 heavy (non-hydrogen) atoms. The minimum absolute atomic E-state index is 0.0868. The van der Waals surface area contributed by atoms with Crippen LogP contribution in [0, 0.1) is 0 Å². The molecule has 0 amide bonds. The average molecular weight is 181 g/mol. The van der Waals surface area contributed by atoms with Crippen molar-refractivity contribution in [2.75, 3.05) is 6.61 Å². The number of imidazole rings is 1. The summed E-state index contributed by atoms with van der Waals surface area (Å²) in [6, 6.07) is 0. The molecule has 4 nitrogen and oxygen atoms in total. The zero-order valence-corrected chi connectivity index (χ0v) is 7.61. The van der Waals surface area contributed by atoms with Crippen molar-refractivity contribution >= 4 is 0 Å². The van der Waals surface area contributed by atoms with E-state index in [9.17, 15) is 0 Å². The van der Waals surface area contributed by atoms with E-state index in [1.54, 1.807) is 0 Å². The van der Waals surface area contributed by atoms with E-state index >= 15 is 0 Å². The molecule has 0 fully saturated rings. The third-order valence-corrected chi connectivity index (χ3v) is 2.48. The highest BCUT2D eigenvalue weighted by molar-refractivity contribution is 5.07. The maximum absolute atomic E-state index is 8.77. The first kappa shape index (κ1) is 8.72. The van der Waals surface area contributed by atoms with Gasteiger partial charge in [-0.3, -0.25) is 0 Å². The second-order valence-corrected chi connectivity index (χ2v) is 3.49. The highest BCUT2D eigenvalue weighted by atomic mass is 16.3. The predicted molar refractivity (Wildman–Crippen MR) is 49.2 cm³/mol. The minimum Gasteiger partial charge on any atom is -0.396 e. The lowest BCUT2D eigenvalue weighted by atomic mass is 10.1. The third-order valence-electron chi connectivity index (χ3n) is 2.48. The van der Waals surface area contributed by atoms with E-state index in [0.29, 0.717) is 6.42 Å². The van der Waals surface area contributed by atoms with Crippen LogP contribution in [0.2, 0.25) is 0 Å². The maximum atomic E-state index is 8.77. The number of aliphatic hydroxyl groups excluding tert-OH is 1. The van der Waals surface area contributed by atoms with Gasteiger partial charge in [-0.1, -0.05) is 0 Å². The molecule has 0 spiro atoms. The summed E-state index contributed by atoms with van der Waals surface area (Å²) >= 11 is 0. The molecular weight excluding hydrogens is 166 g/mol. The van der Waals surface area contributed by atoms with Crippen molar-refractivity contribution in [2.45, 2.75) is 31.8 Å². The van der Waals surface area contributed by atoms with E-state index in [-0.39, 0.29) is 12.8 Å². The summed E-state index contributed by atoms with van der Waals surface area (Å²) in [6.45, 7) is 0.158. The van der Waals surface area contributed by atoms with Crippen molar-refractivity contribution in [1.29, 1.82) is 0 Å². The molecular formula is C9H15N3O. The number of aromatic nitrogens is 2. The second kappa shape index (κ2) is 3.47. The third kappa shape index (κ3) is 1.59. The van der Waals surface area contributed by atoms with E-state index in [0.717, 1.165) is 30.8 Å². The Labute approximate surface area is 77.4 Å². The van der Waals surface area contributed by atoms with Crippen molar-refractivity contribution in [3.63, 3.8) is 0 Å². The van der Waals surface area contributed by atoms with Crippen LogP contribution in [0.4, 0.5) is 0 Å². The van der Waals surface area contributed by atoms with E-state index in [2.05, 4.69) is 4.98 Å². The predicted octanol–water partition coefficient (Wildman–Crippen LogP) is 0.211. The highest BCUT2D eigenvalue weighted by Gasteiger charge is 2.17. The smallest absolute Gasteiger partial charge is 0.110 e. The molecule has 0 aliphatic carbocycles. The van der Waals surface area contributed by atoms with Crippen LogP contribution in [0.25, 0.3) is 0 Å². The summed E-state index contributed by atoms with van der Waals surface area (Å²) < 4.78 is 2.04. The number of aryl methyl sites for hydroxylation is 1. The van der Waals surface area contributed by atoms with Crippen molar-refractivity contribution < 1.29 is 5.11 Å². The summed E-state index contributed by atoms with van der Waals surface area (Å²) in [7, 11) is 0. The van der Waals surface area contributed by atoms with E-state index in [4.69, 9.17) is 10.8 Å². The number of fused-ring (bicyclic) bond motifs is 1. The van der Waals surface area contributed by atoms with Gasteiger partial charge in [0.1, 0.15) is 5.82 Å². The second-order valence-electron chi connectivity index (χ2n) is 3.49. The fraction of sp³-hybridized carbons (Fsp3) is 0.667. The first-order valence-corrected chi connectivity index (χ1v) is 4.74. The Morgan fingerprint density at radius 3 is 3.23 bits per heavy atom. The van der Waals surface area contributed by atoms with Crippen LogP contribution in [0.3, 0.4) is 0 Å². The Kier molecular flexibility index (Phi) is 2.33. The van der Waals surface area contributed by atoms with Crippen molar-refractivity contribution in [3.05, 3.63) is 17.7 Å². The van der Waals surface area contributed by atoms with Crippen LogP contribution in [0.5, 0.6) is 0 Å². The van der Waals surface area contributed by atoms with Crippen molar-refractivity contribution in [1.82, 2.24) is 9.55 Å². The van der Waals surface area contributed by atoms with E-state index in [1.165, 1.54) is 0 Å². The molecule has 2 heterocycles. The van der Waals surface area contributed by atoms with Gasteiger partial charge in [-0.15, -0.1) is 0 Å². The molecule has 0 saturated heterocycles. The fourth-order valence-electron chi connectivity index (χ4n) is 1.80. The molecule has 3 N–H and O–H groups in total. The molecule has 1 unspecified atom stereocenters. The lowest BCUT2D eigenvalue weighted by Crippen LogP contribution is -2.24. The Balaban J connectivity index is 2.25. The normalized spacial score (nSPS) is 21.5. The zero-order chi connectivity index (χ0) is 9.26. The monoisotopic (exact) mass is 181 g/mol. The molecule has 1 aliphatic heterocycles. The van der Waals surface area contributed by atoms with Gasteiger partial charge in [-0.05, 0) is 12.8 Å². The Morgan fingerprint density at radius 1 is 1.69 bits per heavy atom. The summed E-state index contributed by atoms with van der Waals surface area (Å²) in [6.07, 6.45) is 5.85. The highest BCUT2D eigenvalue weighted by Crippen LogP contribution is 2.20. The molecule has 0 bridgehead atoms. The van der Waals surface area contributed by atoms with Crippen LogP contribution in [0.1, 0.15) is 30.5 Å². The van der Waals surface area contributed by atoms with Crippen molar-refractivity contribution in [3.8, 4) is 0 Å². The van der Waals surface area contributed by atoms with Gasteiger partial charge in [0.25, 0.3) is 0 Å². The average Bonchev–Trinajstić information content (AvgIpc) is 2.49. The molecule has 1 aliphatic rings. The molecule has 4 heteroatoms. The summed E-state index contributed by atoms with van der Waals surface area (Å²) in [5.74, 6) is 1.07. The number of hydrogen-bond acceptors (Lipinski definition) is 3. The fourth-order valence-corrected chi connectivity index (χ4v) is 1.80. The zero-order valence-electron chi connectivity index (χ0n) is 7.61. The maximum Gasteiger partial charge on any atom is 0.110 e. The van der Waals surface area contributed by atoms with Gasteiger partial charge in [-0.2, -0.15) is 0 Å². The lowest BCUT2D eigenvalue weighted by molar-refractivity contribution is 0.298. The van der Waals surface area contributed by atoms with Crippen LogP contribution in [0.15, 0.2) is 6.20 Å². The molecule has 2 rings (SSSR count). The van der Waals surface area contributed by atoms with Crippen LogP contribution >= 0.6 is 0 Å².